The highest BCUT2D eigenvalue weighted by atomic mass is 19.1. The first kappa shape index (κ1) is 22.5. The third-order valence-corrected chi connectivity index (χ3v) is 5.21. The number of fused-ring (bicyclic) bond motifs is 1. The smallest absolute Gasteiger partial charge is 0.410 e. The van der Waals surface area contributed by atoms with Crippen LogP contribution >= 0.6 is 0 Å². The molecule has 0 heterocycles. The average Bonchev–Trinajstić information content (AvgIpc) is 3.09. The molecule has 3 rings (SSSR count). The summed E-state index contributed by atoms with van der Waals surface area (Å²) < 4.78 is 18.9. The summed E-state index contributed by atoms with van der Waals surface area (Å²) in [5.74, 6) is -0.770. The number of hydrogen-bond donors (Lipinski definition) is 1. The van der Waals surface area contributed by atoms with Gasteiger partial charge >= 0.3 is 6.09 Å². The van der Waals surface area contributed by atoms with Gasteiger partial charge < -0.3 is 15.4 Å². The highest BCUT2D eigenvalue weighted by molar-refractivity contribution is 5.90. The minimum atomic E-state index is -0.601. The fraction of sp³-hybridized carbons (Fsp3) is 0.360. The molecule has 164 valence electrons. The van der Waals surface area contributed by atoms with Crippen LogP contribution in [0.15, 0.2) is 48.5 Å². The maximum atomic E-state index is 13.2. The van der Waals surface area contributed by atoms with Crippen LogP contribution in [0, 0.1) is 5.82 Å². The van der Waals surface area contributed by atoms with Crippen molar-refractivity contribution in [3.05, 3.63) is 76.6 Å². The zero-order chi connectivity index (χ0) is 22.6. The summed E-state index contributed by atoms with van der Waals surface area (Å²) in [6.07, 6.45) is 4.89. The minimum absolute atomic E-state index is 0.0977. The quantitative estimate of drug-likeness (QED) is 0.678. The lowest BCUT2D eigenvalue weighted by molar-refractivity contribution is -0.113. The zero-order valence-corrected chi connectivity index (χ0v) is 18.2. The van der Waals surface area contributed by atoms with Gasteiger partial charge in [-0.25, -0.2) is 9.18 Å². The SMILES string of the molecule is CC(C)(C)OC(=O)N(CCc1ccc(F)cc1)C1CCc2cc(/C=C/C(N)=O)ccc21. The van der Waals surface area contributed by atoms with Crippen molar-refractivity contribution in [2.45, 2.75) is 51.7 Å². The van der Waals surface area contributed by atoms with E-state index in [4.69, 9.17) is 10.5 Å². The Balaban J connectivity index is 1.83. The number of rotatable bonds is 6. The van der Waals surface area contributed by atoms with E-state index in [9.17, 15) is 14.0 Å². The number of amides is 2. The molecule has 1 atom stereocenters. The van der Waals surface area contributed by atoms with Gasteiger partial charge in [0.1, 0.15) is 11.4 Å². The summed E-state index contributed by atoms with van der Waals surface area (Å²) >= 11 is 0. The molecule has 2 N–H and O–H groups in total. The molecule has 0 radical (unpaired) electrons. The summed E-state index contributed by atoms with van der Waals surface area (Å²) in [4.78, 5) is 25.8. The lowest BCUT2D eigenvalue weighted by atomic mass is 10.0. The van der Waals surface area contributed by atoms with Gasteiger partial charge in [0.2, 0.25) is 5.91 Å². The molecule has 1 unspecified atom stereocenters. The summed E-state index contributed by atoms with van der Waals surface area (Å²) in [5, 5.41) is 0. The molecule has 0 aliphatic heterocycles. The number of nitrogens with zero attached hydrogens (tertiary/aromatic N) is 1. The second-order valence-corrected chi connectivity index (χ2v) is 8.80. The van der Waals surface area contributed by atoms with Gasteiger partial charge in [-0.3, -0.25) is 4.79 Å². The molecule has 0 fully saturated rings. The Morgan fingerprint density at radius 3 is 2.55 bits per heavy atom. The summed E-state index contributed by atoms with van der Waals surface area (Å²) in [5.41, 5.74) is 8.67. The molecule has 31 heavy (non-hydrogen) atoms. The number of primary amides is 1. The zero-order valence-electron chi connectivity index (χ0n) is 18.2. The molecule has 0 bridgehead atoms. The lowest BCUT2D eigenvalue weighted by Crippen LogP contribution is -2.40. The van der Waals surface area contributed by atoms with Gasteiger partial charge in [-0.1, -0.05) is 30.3 Å². The molecule has 5 nitrogen and oxygen atoms in total. The van der Waals surface area contributed by atoms with Crippen LogP contribution in [0.25, 0.3) is 6.08 Å². The van der Waals surface area contributed by atoms with Crippen molar-refractivity contribution in [2.24, 2.45) is 5.73 Å². The molecule has 0 aromatic heterocycles. The molecule has 0 saturated heterocycles. The topological polar surface area (TPSA) is 72.6 Å². The first-order valence-electron chi connectivity index (χ1n) is 10.5. The van der Waals surface area contributed by atoms with E-state index in [1.807, 2.05) is 39.0 Å². The van der Waals surface area contributed by atoms with Crippen molar-refractivity contribution in [3.63, 3.8) is 0 Å². The molecule has 0 saturated carbocycles. The summed E-state index contributed by atoms with van der Waals surface area (Å²) in [7, 11) is 0. The number of nitrogens with two attached hydrogens (primary N) is 1. The maximum Gasteiger partial charge on any atom is 0.410 e. The monoisotopic (exact) mass is 424 g/mol. The first-order chi connectivity index (χ1) is 14.6. The van der Waals surface area contributed by atoms with Crippen LogP contribution in [-0.4, -0.2) is 29.0 Å². The fourth-order valence-electron chi connectivity index (χ4n) is 3.82. The van der Waals surface area contributed by atoms with Crippen molar-refractivity contribution in [2.75, 3.05) is 6.54 Å². The highest BCUT2D eigenvalue weighted by Gasteiger charge is 2.33. The Bertz CT molecular complexity index is 977. The molecule has 2 aromatic carbocycles. The normalized spacial score (nSPS) is 15.7. The van der Waals surface area contributed by atoms with Gasteiger partial charge in [0.15, 0.2) is 0 Å². The Morgan fingerprint density at radius 1 is 1.19 bits per heavy atom. The standard InChI is InChI=1S/C25H29FN2O3/c1-25(2,3)31-24(30)28(15-14-17-4-9-20(26)10-5-17)22-12-8-19-16-18(6-11-21(19)22)7-13-23(27)29/h4-7,9-11,13,16,22H,8,12,14-15H2,1-3H3,(H2,27,29)/b13-7+. The number of halogens is 1. The molecular weight excluding hydrogens is 395 g/mol. The van der Waals surface area contributed by atoms with Crippen molar-refractivity contribution in [1.29, 1.82) is 0 Å². The minimum Gasteiger partial charge on any atom is -0.444 e. The van der Waals surface area contributed by atoms with Gasteiger partial charge in [0, 0.05) is 12.6 Å². The fourth-order valence-corrected chi connectivity index (χ4v) is 3.82. The first-order valence-corrected chi connectivity index (χ1v) is 10.5. The highest BCUT2D eigenvalue weighted by Crippen LogP contribution is 2.37. The predicted octanol–water partition coefficient (Wildman–Crippen LogP) is 4.79. The number of ether oxygens (including phenoxy) is 1. The van der Waals surface area contributed by atoms with Gasteiger partial charge in [0.05, 0.1) is 6.04 Å². The van der Waals surface area contributed by atoms with Crippen LogP contribution in [0.2, 0.25) is 0 Å². The Morgan fingerprint density at radius 2 is 1.90 bits per heavy atom. The van der Waals surface area contributed by atoms with Gasteiger partial charge in [-0.2, -0.15) is 0 Å². The number of carbonyl (C=O) groups excluding carboxylic acids is 2. The van der Waals surface area contributed by atoms with Gasteiger partial charge in [-0.15, -0.1) is 0 Å². The van der Waals surface area contributed by atoms with Crippen LogP contribution in [0.1, 0.15) is 55.5 Å². The van der Waals surface area contributed by atoms with Gasteiger partial charge in [0.25, 0.3) is 0 Å². The molecule has 6 heteroatoms. The number of hydrogen-bond acceptors (Lipinski definition) is 3. The third-order valence-electron chi connectivity index (χ3n) is 5.21. The molecular formula is C25H29FN2O3. The van der Waals surface area contributed by atoms with Crippen molar-refractivity contribution < 1.29 is 18.7 Å². The Kier molecular flexibility index (Phi) is 6.78. The van der Waals surface area contributed by atoms with Crippen molar-refractivity contribution in [3.8, 4) is 0 Å². The maximum absolute atomic E-state index is 13.2. The second-order valence-electron chi connectivity index (χ2n) is 8.80. The summed E-state index contributed by atoms with van der Waals surface area (Å²) in [6.45, 7) is 6.02. The molecule has 1 aliphatic rings. The average molecular weight is 425 g/mol. The lowest BCUT2D eigenvalue weighted by Gasteiger charge is -2.32. The van der Waals surface area contributed by atoms with Crippen LogP contribution in [0.3, 0.4) is 0 Å². The van der Waals surface area contributed by atoms with Crippen LogP contribution in [-0.2, 0) is 22.4 Å². The van der Waals surface area contributed by atoms with Crippen molar-refractivity contribution >= 4 is 18.1 Å². The Labute approximate surface area is 182 Å². The van der Waals surface area contributed by atoms with Crippen LogP contribution in [0.5, 0.6) is 0 Å². The van der Waals surface area contributed by atoms with E-state index in [2.05, 4.69) is 0 Å². The van der Waals surface area contributed by atoms with E-state index in [0.717, 1.165) is 35.1 Å². The Hall–Kier alpha value is -3.15. The largest absolute Gasteiger partial charge is 0.444 e. The van der Waals surface area contributed by atoms with Crippen LogP contribution < -0.4 is 5.73 Å². The number of benzene rings is 2. The van der Waals surface area contributed by atoms with E-state index in [-0.39, 0.29) is 18.0 Å². The molecule has 0 spiro atoms. The molecule has 2 aromatic rings. The van der Waals surface area contributed by atoms with Crippen molar-refractivity contribution in [1.82, 2.24) is 4.90 Å². The van der Waals surface area contributed by atoms with E-state index in [0.29, 0.717) is 13.0 Å². The summed E-state index contributed by atoms with van der Waals surface area (Å²) in [6, 6.07) is 12.2. The van der Waals surface area contributed by atoms with Gasteiger partial charge in [-0.05, 0) is 80.5 Å². The van der Waals surface area contributed by atoms with E-state index in [1.165, 1.54) is 18.2 Å². The van der Waals surface area contributed by atoms with E-state index < -0.39 is 11.5 Å². The van der Waals surface area contributed by atoms with E-state index >= 15 is 0 Å². The second kappa shape index (κ2) is 9.33. The molecule has 2 amide bonds. The number of aryl methyl sites for hydroxylation is 1. The molecule has 1 aliphatic carbocycles. The van der Waals surface area contributed by atoms with Crippen LogP contribution in [0.4, 0.5) is 9.18 Å². The predicted molar refractivity (Wildman–Crippen MR) is 119 cm³/mol. The van der Waals surface area contributed by atoms with E-state index in [1.54, 1.807) is 23.1 Å². The number of carbonyl (C=O) groups is 2. The third kappa shape index (κ3) is 6.17.